The number of rotatable bonds is 2. The lowest BCUT2D eigenvalue weighted by atomic mass is 10.0. The second-order valence-corrected chi connectivity index (χ2v) is 7.86. The van der Waals surface area contributed by atoms with Crippen LogP contribution in [0.1, 0.15) is 5.56 Å². The summed E-state index contributed by atoms with van der Waals surface area (Å²) in [5, 5.41) is 0. The molecule has 3 rings (SSSR count). The monoisotopic (exact) mass is 366 g/mol. The Hall–Kier alpha value is -1.37. The molecule has 0 radical (unpaired) electrons. The lowest BCUT2D eigenvalue weighted by Crippen LogP contribution is -2.46. The first-order valence-electron chi connectivity index (χ1n) is 6.60. The third-order valence-corrected chi connectivity index (χ3v) is 5.87. The van der Waals surface area contributed by atoms with E-state index in [0.717, 1.165) is 15.7 Å². The highest BCUT2D eigenvalue weighted by atomic mass is 79.9. The maximum Gasteiger partial charge on any atom is 0.264 e. The van der Waals surface area contributed by atoms with E-state index in [1.165, 1.54) is 4.31 Å². The lowest BCUT2D eigenvalue weighted by molar-refractivity contribution is 0.575. The molecule has 2 aromatic carbocycles. The molecular weight excluding hydrogens is 352 g/mol. The normalized spacial score (nSPS) is 18.4. The molecule has 2 aromatic rings. The molecule has 0 spiro atoms. The van der Waals surface area contributed by atoms with Crippen LogP contribution in [0.25, 0.3) is 0 Å². The van der Waals surface area contributed by atoms with Crippen LogP contribution in [0.4, 0.5) is 5.69 Å². The Labute approximate surface area is 132 Å². The summed E-state index contributed by atoms with van der Waals surface area (Å²) in [5.74, 6) is 0. The Morgan fingerprint density at radius 1 is 1.10 bits per heavy atom. The van der Waals surface area contributed by atoms with Gasteiger partial charge in [0.1, 0.15) is 0 Å². The number of para-hydroxylation sites is 1. The van der Waals surface area contributed by atoms with E-state index in [9.17, 15) is 8.42 Å². The van der Waals surface area contributed by atoms with Gasteiger partial charge in [-0.05, 0) is 42.3 Å². The van der Waals surface area contributed by atoms with E-state index in [0.29, 0.717) is 13.0 Å². The number of fused-ring (bicyclic) bond motifs is 1. The molecule has 1 heterocycles. The second kappa shape index (κ2) is 5.44. The van der Waals surface area contributed by atoms with E-state index < -0.39 is 10.0 Å². The summed E-state index contributed by atoms with van der Waals surface area (Å²) in [7, 11) is -3.59. The van der Waals surface area contributed by atoms with E-state index in [1.54, 1.807) is 24.3 Å². The van der Waals surface area contributed by atoms with Crippen LogP contribution in [0.2, 0.25) is 0 Å². The predicted octanol–water partition coefficient (Wildman–Crippen LogP) is 2.53. The van der Waals surface area contributed by atoms with Crippen molar-refractivity contribution in [1.29, 1.82) is 0 Å². The molecule has 1 unspecified atom stereocenters. The van der Waals surface area contributed by atoms with Crippen molar-refractivity contribution in [2.75, 3.05) is 10.8 Å². The predicted molar refractivity (Wildman–Crippen MR) is 86.8 cm³/mol. The summed E-state index contributed by atoms with van der Waals surface area (Å²) in [6, 6.07) is 14.0. The Morgan fingerprint density at radius 3 is 2.48 bits per heavy atom. The van der Waals surface area contributed by atoms with Crippen LogP contribution in [-0.2, 0) is 16.4 Å². The minimum Gasteiger partial charge on any atom is -0.326 e. The van der Waals surface area contributed by atoms with E-state index in [4.69, 9.17) is 5.73 Å². The van der Waals surface area contributed by atoms with Gasteiger partial charge in [-0.1, -0.05) is 34.1 Å². The third-order valence-electron chi connectivity index (χ3n) is 3.54. The Morgan fingerprint density at radius 2 is 1.76 bits per heavy atom. The summed E-state index contributed by atoms with van der Waals surface area (Å²) < 4.78 is 28.0. The van der Waals surface area contributed by atoms with Crippen molar-refractivity contribution in [2.24, 2.45) is 5.73 Å². The van der Waals surface area contributed by atoms with Crippen LogP contribution in [0.5, 0.6) is 0 Å². The average Bonchev–Trinajstić information content (AvgIpc) is 2.46. The summed E-state index contributed by atoms with van der Waals surface area (Å²) in [4.78, 5) is 0.273. The molecule has 0 bridgehead atoms. The first-order valence-corrected chi connectivity index (χ1v) is 8.83. The van der Waals surface area contributed by atoms with Crippen molar-refractivity contribution in [3.05, 3.63) is 58.6 Å². The quantitative estimate of drug-likeness (QED) is 0.887. The molecule has 2 N–H and O–H groups in total. The maximum absolute atomic E-state index is 12.9. The Bertz CT molecular complexity index is 759. The van der Waals surface area contributed by atoms with Gasteiger partial charge in [0.05, 0.1) is 10.6 Å². The largest absolute Gasteiger partial charge is 0.326 e. The maximum atomic E-state index is 12.9. The number of anilines is 1. The van der Waals surface area contributed by atoms with Crippen molar-refractivity contribution < 1.29 is 8.42 Å². The summed E-state index contributed by atoms with van der Waals surface area (Å²) in [6.45, 7) is 0.301. The highest BCUT2D eigenvalue weighted by Gasteiger charge is 2.31. The molecule has 1 aliphatic heterocycles. The number of nitrogens with zero attached hydrogens (tertiary/aromatic N) is 1. The smallest absolute Gasteiger partial charge is 0.264 e. The number of hydrogen-bond acceptors (Lipinski definition) is 3. The van der Waals surface area contributed by atoms with Crippen LogP contribution in [0.15, 0.2) is 57.9 Å². The lowest BCUT2D eigenvalue weighted by Gasteiger charge is -2.33. The van der Waals surface area contributed by atoms with Gasteiger partial charge in [0.2, 0.25) is 0 Å². The zero-order chi connectivity index (χ0) is 15.0. The number of nitrogens with two attached hydrogens (primary N) is 1. The van der Waals surface area contributed by atoms with Gasteiger partial charge in [-0.15, -0.1) is 0 Å². The van der Waals surface area contributed by atoms with Gasteiger partial charge in [-0.2, -0.15) is 0 Å². The van der Waals surface area contributed by atoms with E-state index in [1.807, 2.05) is 24.3 Å². The molecule has 0 fully saturated rings. The number of benzene rings is 2. The molecule has 0 saturated carbocycles. The van der Waals surface area contributed by atoms with Crippen molar-refractivity contribution >= 4 is 31.6 Å². The summed E-state index contributed by atoms with van der Waals surface area (Å²) in [6.07, 6.45) is 0.697. The second-order valence-electron chi connectivity index (χ2n) is 5.08. The van der Waals surface area contributed by atoms with Crippen LogP contribution in [0.3, 0.4) is 0 Å². The van der Waals surface area contributed by atoms with Gasteiger partial charge in [0.25, 0.3) is 10.0 Å². The topological polar surface area (TPSA) is 63.4 Å². The van der Waals surface area contributed by atoms with Gasteiger partial charge in [-0.3, -0.25) is 4.31 Å². The zero-order valence-corrected chi connectivity index (χ0v) is 13.6. The molecule has 4 nitrogen and oxygen atoms in total. The minimum absolute atomic E-state index is 0.190. The molecule has 6 heteroatoms. The van der Waals surface area contributed by atoms with Crippen molar-refractivity contribution in [1.82, 2.24) is 0 Å². The van der Waals surface area contributed by atoms with Gasteiger partial charge < -0.3 is 5.73 Å². The van der Waals surface area contributed by atoms with Crippen LogP contribution < -0.4 is 10.0 Å². The molecule has 110 valence electrons. The first kappa shape index (κ1) is 14.6. The first-order chi connectivity index (χ1) is 9.98. The molecule has 1 atom stereocenters. The fourth-order valence-electron chi connectivity index (χ4n) is 2.55. The fourth-order valence-corrected chi connectivity index (χ4v) is 4.37. The number of hydrogen-bond donors (Lipinski definition) is 1. The van der Waals surface area contributed by atoms with Gasteiger partial charge in [0.15, 0.2) is 0 Å². The van der Waals surface area contributed by atoms with Crippen molar-refractivity contribution in [3.8, 4) is 0 Å². The van der Waals surface area contributed by atoms with Crippen LogP contribution in [0, 0.1) is 0 Å². The fraction of sp³-hybridized carbons (Fsp3) is 0.200. The van der Waals surface area contributed by atoms with Gasteiger partial charge in [-0.25, -0.2) is 8.42 Å². The average molecular weight is 367 g/mol. The van der Waals surface area contributed by atoms with Crippen molar-refractivity contribution in [3.63, 3.8) is 0 Å². The van der Waals surface area contributed by atoms with E-state index in [2.05, 4.69) is 15.9 Å². The van der Waals surface area contributed by atoms with E-state index in [-0.39, 0.29) is 10.9 Å². The van der Waals surface area contributed by atoms with Crippen LogP contribution in [-0.4, -0.2) is 21.0 Å². The van der Waals surface area contributed by atoms with Gasteiger partial charge >= 0.3 is 0 Å². The highest BCUT2D eigenvalue weighted by molar-refractivity contribution is 9.10. The molecule has 1 aliphatic rings. The Kier molecular flexibility index (Phi) is 3.77. The highest BCUT2D eigenvalue weighted by Crippen LogP contribution is 2.31. The molecular formula is C15H15BrN2O2S. The van der Waals surface area contributed by atoms with E-state index >= 15 is 0 Å². The summed E-state index contributed by atoms with van der Waals surface area (Å²) >= 11 is 3.32. The summed E-state index contributed by atoms with van der Waals surface area (Å²) in [5.41, 5.74) is 7.72. The van der Waals surface area contributed by atoms with Crippen LogP contribution >= 0.6 is 15.9 Å². The van der Waals surface area contributed by atoms with Gasteiger partial charge in [0, 0.05) is 17.1 Å². The Balaban J connectivity index is 2.09. The standard InChI is InChI=1S/C15H15BrN2O2S/c16-12-5-7-14(8-6-12)21(19,20)18-10-13(17)9-11-3-1-2-4-15(11)18/h1-8,13H,9-10,17H2. The molecule has 0 aliphatic carbocycles. The number of sulfonamides is 1. The molecule has 21 heavy (non-hydrogen) atoms. The molecule has 0 amide bonds. The third kappa shape index (κ3) is 2.71. The van der Waals surface area contributed by atoms with Crippen molar-refractivity contribution in [2.45, 2.75) is 17.4 Å². The number of halogens is 1. The zero-order valence-electron chi connectivity index (χ0n) is 11.2. The minimum atomic E-state index is -3.59. The molecule has 0 aromatic heterocycles. The SMILES string of the molecule is NC1Cc2ccccc2N(S(=O)(=O)c2ccc(Br)cc2)C1. The molecule has 0 saturated heterocycles.